The van der Waals surface area contributed by atoms with E-state index in [1.165, 1.54) is 20.0 Å². The van der Waals surface area contributed by atoms with Gasteiger partial charge in [0.15, 0.2) is 0 Å². The molecule has 17 heavy (non-hydrogen) atoms. The topological polar surface area (TPSA) is 53.3 Å². The molecule has 4 heteroatoms. The summed E-state index contributed by atoms with van der Waals surface area (Å²) in [5, 5.41) is 8.60. The van der Waals surface area contributed by atoms with Crippen LogP contribution in [-0.4, -0.2) is 37.1 Å². The number of rotatable bonds is 7. The van der Waals surface area contributed by atoms with E-state index in [9.17, 15) is 4.79 Å². The second-order valence-electron chi connectivity index (χ2n) is 4.21. The number of hydrogen-bond acceptors (Lipinski definition) is 4. The number of esters is 1. The van der Waals surface area contributed by atoms with Gasteiger partial charge in [0.2, 0.25) is 0 Å². The van der Waals surface area contributed by atoms with Crippen molar-refractivity contribution < 1.29 is 9.53 Å². The van der Waals surface area contributed by atoms with Gasteiger partial charge in [-0.3, -0.25) is 4.90 Å². The first-order valence-corrected chi connectivity index (χ1v) is 6.11. The third kappa shape index (κ3) is 4.58. The molecule has 0 spiro atoms. The largest absolute Gasteiger partial charge is 0.466 e. The Morgan fingerprint density at radius 3 is 2.76 bits per heavy atom. The van der Waals surface area contributed by atoms with E-state index >= 15 is 0 Å². The van der Waals surface area contributed by atoms with Crippen molar-refractivity contribution in [1.82, 2.24) is 4.90 Å². The highest BCUT2D eigenvalue weighted by atomic mass is 16.5. The average Bonchev–Trinajstić information content (AvgIpc) is 3.17. The number of carbonyl (C=O) groups is 1. The maximum absolute atomic E-state index is 11.4. The number of ether oxygens (including phenoxy) is 1. The van der Waals surface area contributed by atoms with Gasteiger partial charge in [-0.1, -0.05) is 13.0 Å². The molecule has 0 radical (unpaired) electrons. The van der Waals surface area contributed by atoms with Crippen molar-refractivity contribution in [2.45, 2.75) is 38.6 Å². The minimum Gasteiger partial charge on any atom is -0.466 e. The molecule has 0 aliphatic heterocycles. The molecular formula is C13H20N2O2. The van der Waals surface area contributed by atoms with Gasteiger partial charge in [0.05, 0.1) is 13.2 Å². The van der Waals surface area contributed by atoms with Crippen molar-refractivity contribution in [3.05, 3.63) is 11.6 Å². The summed E-state index contributed by atoms with van der Waals surface area (Å²) in [4.78, 5) is 13.7. The maximum atomic E-state index is 11.4. The van der Waals surface area contributed by atoms with Gasteiger partial charge in [-0.2, -0.15) is 5.26 Å². The first-order valence-electron chi connectivity index (χ1n) is 6.11. The first kappa shape index (κ1) is 13.7. The Kier molecular flexibility index (Phi) is 5.71. The predicted octanol–water partition coefficient (Wildman–Crippen LogP) is 1.87. The molecule has 0 aromatic heterocycles. The molecule has 1 saturated carbocycles. The number of hydrogen-bond donors (Lipinski definition) is 0. The Balaban J connectivity index is 2.51. The van der Waals surface area contributed by atoms with Crippen LogP contribution in [0.2, 0.25) is 0 Å². The molecule has 0 aromatic carbocycles. The molecular weight excluding hydrogens is 216 g/mol. The zero-order valence-corrected chi connectivity index (χ0v) is 10.6. The smallest absolute Gasteiger partial charge is 0.333 e. The second kappa shape index (κ2) is 7.08. The molecule has 0 atom stereocenters. The third-order valence-electron chi connectivity index (χ3n) is 2.97. The molecule has 0 N–H and O–H groups in total. The summed E-state index contributed by atoms with van der Waals surface area (Å²) in [6, 6.07) is 2.77. The molecule has 1 rings (SSSR count). The molecule has 1 aliphatic rings. The van der Waals surface area contributed by atoms with Gasteiger partial charge in [-0.05, 0) is 19.3 Å². The Morgan fingerprint density at radius 2 is 2.29 bits per heavy atom. The summed E-state index contributed by atoms with van der Waals surface area (Å²) in [6.07, 6.45) is 5.58. The summed E-state index contributed by atoms with van der Waals surface area (Å²) in [7, 11) is 1.40. The number of carbonyl (C=O) groups excluding carboxylic acids is 1. The molecule has 0 saturated heterocycles. The summed E-state index contributed by atoms with van der Waals surface area (Å²) >= 11 is 0. The maximum Gasteiger partial charge on any atom is 0.333 e. The van der Waals surface area contributed by atoms with Crippen LogP contribution in [0.4, 0.5) is 0 Å². The van der Waals surface area contributed by atoms with E-state index in [4.69, 9.17) is 10.00 Å². The third-order valence-corrected chi connectivity index (χ3v) is 2.97. The zero-order valence-electron chi connectivity index (χ0n) is 10.6. The van der Waals surface area contributed by atoms with E-state index in [1.807, 2.05) is 13.0 Å². The summed E-state index contributed by atoms with van der Waals surface area (Å²) in [5.41, 5.74) is 0.718. The van der Waals surface area contributed by atoms with Crippen molar-refractivity contribution in [1.29, 1.82) is 5.26 Å². The van der Waals surface area contributed by atoms with E-state index in [2.05, 4.69) is 11.0 Å². The molecule has 0 amide bonds. The molecule has 0 unspecified atom stereocenters. The molecule has 1 fully saturated rings. The van der Waals surface area contributed by atoms with Crippen LogP contribution in [0.3, 0.4) is 0 Å². The summed E-state index contributed by atoms with van der Waals surface area (Å²) in [6.45, 7) is 3.47. The lowest BCUT2D eigenvalue weighted by Gasteiger charge is -2.18. The van der Waals surface area contributed by atoms with Gasteiger partial charge in [-0.15, -0.1) is 0 Å². The number of nitrogens with zero attached hydrogens (tertiary/aromatic N) is 2. The molecule has 0 bridgehead atoms. The molecule has 0 heterocycles. The highest BCUT2D eigenvalue weighted by molar-refractivity contribution is 5.88. The van der Waals surface area contributed by atoms with E-state index in [0.717, 1.165) is 18.7 Å². The van der Waals surface area contributed by atoms with Crippen LogP contribution < -0.4 is 0 Å². The van der Waals surface area contributed by atoms with Crippen LogP contribution in [-0.2, 0) is 9.53 Å². The van der Waals surface area contributed by atoms with Crippen LogP contribution in [0.15, 0.2) is 11.6 Å². The lowest BCUT2D eigenvalue weighted by Crippen LogP contribution is -2.27. The first-order chi connectivity index (χ1) is 8.22. The molecule has 4 nitrogen and oxygen atoms in total. The Labute approximate surface area is 103 Å². The van der Waals surface area contributed by atoms with Gasteiger partial charge in [0, 0.05) is 31.1 Å². The van der Waals surface area contributed by atoms with Crippen LogP contribution in [0.5, 0.6) is 0 Å². The molecule has 1 aliphatic carbocycles. The van der Waals surface area contributed by atoms with E-state index in [0.29, 0.717) is 18.9 Å². The lowest BCUT2D eigenvalue weighted by molar-refractivity contribution is -0.136. The summed E-state index contributed by atoms with van der Waals surface area (Å²) < 4.78 is 4.71. The Bertz CT molecular complexity index is 327. The van der Waals surface area contributed by atoms with Crippen molar-refractivity contribution in [3.63, 3.8) is 0 Å². The van der Waals surface area contributed by atoms with Gasteiger partial charge in [0.25, 0.3) is 0 Å². The lowest BCUT2D eigenvalue weighted by atomic mass is 10.2. The van der Waals surface area contributed by atoms with Crippen LogP contribution in [0.1, 0.15) is 32.6 Å². The molecule has 0 aromatic rings. The minimum absolute atomic E-state index is 0.247. The Morgan fingerprint density at radius 1 is 1.59 bits per heavy atom. The fraction of sp³-hybridized carbons (Fsp3) is 0.692. The van der Waals surface area contributed by atoms with Crippen LogP contribution in [0.25, 0.3) is 0 Å². The van der Waals surface area contributed by atoms with Crippen molar-refractivity contribution in [2.24, 2.45) is 0 Å². The van der Waals surface area contributed by atoms with E-state index < -0.39 is 0 Å². The van der Waals surface area contributed by atoms with E-state index in [1.54, 1.807) is 0 Å². The van der Waals surface area contributed by atoms with Crippen molar-refractivity contribution in [2.75, 3.05) is 20.2 Å². The monoisotopic (exact) mass is 236 g/mol. The van der Waals surface area contributed by atoms with Gasteiger partial charge < -0.3 is 4.74 Å². The normalized spacial score (nSPS) is 15.8. The predicted molar refractivity (Wildman–Crippen MR) is 65.2 cm³/mol. The quantitative estimate of drug-likeness (QED) is 0.500. The number of methoxy groups -OCH3 is 1. The van der Waals surface area contributed by atoms with Crippen molar-refractivity contribution >= 4 is 5.97 Å². The highest BCUT2D eigenvalue weighted by Gasteiger charge is 2.27. The highest BCUT2D eigenvalue weighted by Crippen LogP contribution is 2.26. The van der Waals surface area contributed by atoms with Gasteiger partial charge >= 0.3 is 5.97 Å². The Hall–Kier alpha value is -1.34. The minimum atomic E-state index is -0.247. The second-order valence-corrected chi connectivity index (χ2v) is 4.21. The average molecular weight is 236 g/mol. The van der Waals surface area contributed by atoms with Gasteiger partial charge in [-0.25, -0.2) is 4.79 Å². The fourth-order valence-corrected chi connectivity index (χ4v) is 1.79. The zero-order chi connectivity index (χ0) is 12.7. The van der Waals surface area contributed by atoms with Gasteiger partial charge in [0.1, 0.15) is 0 Å². The van der Waals surface area contributed by atoms with Crippen LogP contribution >= 0.6 is 0 Å². The molecule has 94 valence electrons. The summed E-state index contributed by atoms with van der Waals surface area (Å²) in [5.74, 6) is -0.247. The standard InChI is InChI=1S/C13H20N2O2/c1-3-11(13(16)17-2)7-10-15(9-4-8-14)12-5-6-12/h7,12H,3-6,9-10H2,1-2H3. The number of nitriles is 1. The van der Waals surface area contributed by atoms with Crippen molar-refractivity contribution in [3.8, 4) is 6.07 Å². The van der Waals surface area contributed by atoms with Crippen LogP contribution in [0, 0.1) is 11.3 Å². The SMILES string of the molecule is CCC(=CCN(CCC#N)C1CC1)C(=O)OC. The fourth-order valence-electron chi connectivity index (χ4n) is 1.79. The van der Waals surface area contributed by atoms with E-state index in [-0.39, 0.29) is 5.97 Å².